The van der Waals surface area contributed by atoms with E-state index in [9.17, 15) is 0 Å². The zero-order valence-electron chi connectivity index (χ0n) is 32.9. The second-order valence-electron chi connectivity index (χ2n) is 15.5. The molecular weight excluding hydrogens is 849 g/mol. The van der Waals surface area contributed by atoms with Crippen LogP contribution in [-0.2, 0) is 25.5 Å². The molecule has 55 heavy (non-hydrogen) atoms. The Morgan fingerprint density at radius 1 is 0.636 bits per heavy atom. The van der Waals surface area contributed by atoms with Crippen molar-refractivity contribution in [2.75, 3.05) is 0 Å². The van der Waals surface area contributed by atoms with Gasteiger partial charge in [-0.3, -0.25) is 0 Å². The van der Waals surface area contributed by atoms with E-state index in [1.165, 1.54) is 49.4 Å². The number of furan rings is 1. The number of aromatic nitrogens is 2. The Morgan fingerprint density at radius 3 is 2.18 bits per heavy atom. The third-order valence-corrected chi connectivity index (χ3v) is 11.1. The molecule has 3 aromatic heterocycles. The summed E-state index contributed by atoms with van der Waals surface area (Å²) < 4.78 is 14.7. The van der Waals surface area contributed by atoms with Crippen LogP contribution >= 0.6 is 0 Å². The van der Waals surface area contributed by atoms with Gasteiger partial charge in [0, 0.05) is 44.7 Å². The van der Waals surface area contributed by atoms with E-state index >= 15 is 0 Å². The van der Waals surface area contributed by atoms with Crippen LogP contribution in [0.3, 0.4) is 0 Å². The first kappa shape index (κ1) is 35.3. The van der Waals surface area contributed by atoms with Crippen LogP contribution in [-0.4, -0.2) is 9.97 Å². The molecule has 0 bridgehead atoms. The molecule has 0 saturated carbocycles. The zero-order chi connectivity index (χ0) is 38.1. The molecule has 0 saturated heterocycles. The minimum Gasteiger partial charge on any atom is -0.501 e. The zero-order valence-corrected chi connectivity index (χ0v) is 34.3. The SMILES string of the molecule is CC(C)c1ccnc(-c2[c-]ccc3c2oc2cc4c(cc23)C(C)(C)c2ccccc2-4)c1.[2H]C(C)(C)c1ccnc(-c2[c-]cc3c(ccc4ccccc43)c2)c1.[Ir]. The molecule has 6 aromatic carbocycles. The van der Waals surface area contributed by atoms with Crippen molar-refractivity contribution in [1.82, 2.24) is 9.97 Å². The van der Waals surface area contributed by atoms with E-state index in [4.69, 9.17) is 5.79 Å². The van der Waals surface area contributed by atoms with Gasteiger partial charge >= 0.3 is 0 Å². The first-order valence-electron chi connectivity index (χ1n) is 19.2. The summed E-state index contributed by atoms with van der Waals surface area (Å²) >= 11 is 0. The molecular formula is C51H42IrN2O-2. The fourth-order valence-corrected chi connectivity index (χ4v) is 8.05. The van der Waals surface area contributed by atoms with Crippen molar-refractivity contribution < 1.29 is 25.9 Å². The Kier molecular flexibility index (Phi) is 9.21. The van der Waals surface area contributed by atoms with Crippen LogP contribution in [0, 0.1) is 12.1 Å². The summed E-state index contributed by atoms with van der Waals surface area (Å²) in [6, 6.07) is 49.1. The Labute approximate surface area is 338 Å². The predicted octanol–water partition coefficient (Wildman–Crippen LogP) is 13.9. The maximum absolute atomic E-state index is 8.22. The van der Waals surface area contributed by atoms with Gasteiger partial charge in [0.25, 0.3) is 0 Å². The molecule has 3 heterocycles. The van der Waals surface area contributed by atoms with Crippen LogP contribution < -0.4 is 0 Å². The molecule has 1 radical (unpaired) electrons. The number of rotatable bonds is 4. The number of pyridine rings is 2. The Morgan fingerprint density at radius 2 is 1.36 bits per heavy atom. The second kappa shape index (κ2) is 14.3. The average Bonchev–Trinajstić information content (AvgIpc) is 3.68. The maximum Gasteiger partial charge on any atom is 0.121 e. The maximum atomic E-state index is 8.22. The van der Waals surface area contributed by atoms with Crippen LogP contribution in [0.15, 0.2) is 138 Å². The van der Waals surface area contributed by atoms with E-state index < -0.39 is 5.89 Å². The number of hydrogen-bond acceptors (Lipinski definition) is 3. The Bertz CT molecular complexity index is 2940. The minimum atomic E-state index is -0.634. The molecule has 9 aromatic rings. The molecule has 0 unspecified atom stereocenters. The molecule has 0 spiro atoms. The number of benzene rings is 6. The third kappa shape index (κ3) is 6.38. The van der Waals surface area contributed by atoms with E-state index in [-0.39, 0.29) is 25.5 Å². The first-order valence-corrected chi connectivity index (χ1v) is 18.7. The molecule has 0 aliphatic heterocycles. The van der Waals surface area contributed by atoms with Gasteiger partial charge in [-0.05, 0) is 75.1 Å². The second-order valence-corrected chi connectivity index (χ2v) is 15.5. The van der Waals surface area contributed by atoms with Gasteiger partial charge in [0.05, 0.1) is 5.58 Å². The molecule has 3 nitrogen and oxygen atoms in total. The summed E-state index contributed by atoms with van der Waals surface area (Å²) in [5.41, 5.74) is 13.0. The number of fused-ring (bicyclic) bond motifs is 9. The van der Waals surface area contributed by atoms with Crippen molar-refractivity contribution in [2.24, 2.45) is 0 Å². The van der Waals surface area contributed by atoms with E-state index in [1.807, 2.05) is 44.3 Å². The summed E-state index contributed by atoms with van der Waals surface area (Å²) in [6.07, 6.45) is 3.66. The van der Waals surface area contributed by atoms with E-state index in [1.54, 1.807) is 6.20 Å². The number of nitrogens with zero attached hydrogens (tertiary/aromatic N) is 2. The standard InChI is InChI=1S/C29H24NO.C22H18N.Ir/c1-17(2)18-12-13-30-26(14-18)21-10-7-9-20-23-15-25-22(16-27(23)31-28(20)21)19-8-5-6-11-24(19)29(25,3)4;1-15(2)17-11-12-23-22(14-17)19-9-10-21-18(13-19)8-7-16-5-3-4-6-20(16)21;/h5-9,11-17H,1-4H3;3-8,10-15H,1-2H3;/q2*-1;/i;15D;. The van der Waals surface area contributed by atoms with Gasteiger partial charge in [-0.1, -0.05) is 147 Å². The van der Waals surface area contributed by atoms with Gasteiger partial charge in [-0.2, -0.15) is 0 Å². The van der Waals surface area contributed by atoms with Gasteiger partial charge < -0.3 is 14.4 Å². The van der Waals surface area contributed by atoms with Crippen molar-refractivity contribution >= 4 is 43.5 Å². The topological polar surface area (TPSA) is 38.9 Å². The summed E-state index contributed by atoms with van der Waals surface area (Å²) in [5, 5.41) is 7.14. The van der Waals surface area contributed by atoms with Crippen LogP contribution in [0.4, 0.5) is 0 Å². The molecule has 1 aliphatic rings. The molecule has 4 heteroatoms. The van der Waals surface area contributed by atoms with E-state index in [0.29, 0.717) is 5.92 Å². The summed E-state index contributed by atoms with van der Waals surface area (Å²) in [5.74, 6) is -0.188. The summed E-state index contributed by atoms with van der Waals surface area (Å²) in [6.45, 7) is 12.8. The van der Waals surface area contributed by atoms with Crippen molar-refractivity contribution in [3.8, 4) is 33.6 Å². The Hall–Kier alpha value is -5.41. The van der Waals surface area contributed by atoms with E-state index in [2.05, 4.69) is 147 Å². The summed E-state index contributed by atoms with van der Waals surface area (Å²) in [4.78, 5) is 9.11. The van der Waals surface area contributed by atoms with Crippen molar-refractivity contribution in [2.45, 2.75) is 58.8 Å². The van der Waals surface area contributed by atoms with Crippen LogP contribution in [0.5, 0.6) is 0 Å². The quantitative estimate of drug-likeness (QED) is 0.131. The minimum absolute atomic E-state index is 0. The van der Waals surface area contributed by atoms with Crippen LogP contribution in [0.2, 0.25) is 0 Å². The Balaban J connectivity index is 0.000000160. The van der Waals surface area contributed by atoms with Gasteiger partial charge in [0.2, 0.25) is 0 Å². The molecule has 0 fully saturated rings. The average molecular weight is 892 g/mol. The van der Waals surface area contributed by atoms with E-state index in [0.717, 1.165) is 50.0 Å². The third-order valence-electron chi connectivity index (χ3n) is 11.1. The monoisotopic (exact) mass is 892 g/mol. The fourth-order valence-electron chi connectivity index (χ4n) is 8.05. The van der Waals surface area contributed by atoms with Gasteiger partial charge in [0.1, 0.15) is 5.58 Å². The first-order chi connectivity index (χ1) is 26.5. The molecule has 1 aliphatic carbocycles. The van der Waals surface area contributed by atoms with Gasteiger partial charge in [0.15, 0.2) is 0 Å². The predicted molar refractivity (Wildman–Crippen MR) is 225 cm³/mol. The summed E-state index contributed by atoms with van der Waals surface area (Å²) in [7, 11) is 0. The molecule has 273 valence electrons. The molecule has 0 atom stereocenters. The van der Waals surface area contributed by atoms with Crippen molar-refractivity contribution in [3.63, 3.8) is 0 Å². The van der Waals surface area contributed by atoms with Crippen molar-refractivity contribution in [3.05, 3.63) is 168 Å². The largest absolute Gasteiger partial charge is 0.501 e. The van der Waals surface area contributed by atoms with Crippen LogP contribution in [0.25, 0.3) is 77.1 Å². The van der Waals surface area contributed by atoms with Gasteiger partial charge in [-0.15, -0.1) is 47.3 Å². The molecule has 10 rings (SSSR count). The van der Waals surface area contributed by atoms with Crippen LogP contribution in [0.1, 0.15) is 77.0 Å². The molecule has 0 N–H and O–H groups in total. The normalized spacial score (nSPS) is 13.3. The number of hydrogen-bond donors (Lipinski definition) is 0. The van der Waals surface area contributed by atoms with Crippen molar-refractivity contribution in [1.29, 1.82) is 0 Å². The smallest absolute Gasteiger partial charge is 0.121 e. The van der Waals surface area contributed by atoms with Gasteiger partial charge in [-0.25, -0.2) is 0 Å². The molecule has 0 amide bonds. The fraction of sp³-hybridized carbons (Fsp3) is 0.176.